The molecule has 138 valence electrons. The van der Waals surface area contributed by atoms with Gasteiger partial charge in [0.05, 0.1) is 4.90 Å². The van der Waals surface area contributed by atoms with Crippen LogP contribution in [0, 0.1) is 13.8 Å². The topological polar surface area (TPSA) is 87.3 Å². The minimum atomic E-state index is -3.70. The van der Waals surface area contributed by atoms with E-state index in [1.54, 1.807) is 31.2 Å². The average molecular weight is 392 g/mol. The first-order valence-electron chi connectivity index (χ1n) is 8.01. The number of hydrogen-bond donors (Lipinski definition) is 3. The zero-order valence-electron chi connectivity index (χ0n) is 14.8. The van der Waals surface area contributed by atoms with Gasteiger partial charge in [-0.05, 0) is 73.6 Å². The lowest BCUT2D eigenvalue weighted by atomic mass is 10.1. The van der Waals surface area contributed by atoms with Gasteiger partial charge in [-0.3, -0.25) is 9.52 Å². The first-order valence-corrected chi connectivity index (χ1v) is 9.91. The minimum Gasteiger partial charge on any atom is -0.332 e. The summed E-state index contributed by atoms with van der Waals surface area (Å²) in [5, 5.41) is 5.52. The molecule has 0 spiro atoms. The highest BCUT2D eigenvalue weighted by molar-refractivity contribution is 7.92. The van der Waals surface area contributed by atoms with Gasteiger partial charge in [-0.15, -0.1) is 0 Å². The number of thiocarbonyl (C=S) groups is 1. The van der Waals surface area contributed by atoms with Crippen LogP contribution in [0.5, 0.6) is 0 Å². The Bertz CT molecular complexity index is 903. The van der Waals surface area contributed by atoms with Crippen molar-refractivity contribution >= 4 is 44.6 Å². The third-order valence-electron chi connectivity index (χ3n) is 3.47. The predicted molar refractivity (Wildman–Crippen MR) is 108 cm³/mol. The summed E-state index contributed by atoms with van der Waals surface area (Å²) in [5.74, 6) is -0.195. The van der Waals surface area contributed by atoms with E-state index in [4.69, 9.17) is 12.2 Å². The molecule has 6 nitrogen and oxygen atoms in total. The number of sulfonamides is 1. The summed E-state index contributed by atoms with van der Waals surface area (Å²) in [5.41, 5.74) is 3.06. The van der Waals surface area contributed by atoms with Crippen LogP contribution in [0.2, 0.25) is 0 Å². The molecule has 2 aromatic carbocycles. The van der Waals surface area contributed by atoms with Crippen molar-refractivity contribution in [3.05, 3.63) is 53.6 Å². The van der Waals surface area contributed by atoms with Crippen molar-refractivity contribution in [1.29, 1.82) is 0 Å². The molecule has 0 bridgehead atoms. The van der Waals surface area contributed by atoms with Gasteiger partial charge < -0.3 is 10.6 Å². The molecule has 0 saturated heterocycles. The predicted octanol–water partition coefficient (Wildman–Crippen LogP) is 3.33. The van der Waals surface area contributed by atoms with Crippen LogP contribution in [0.1, 0.15) is 24.5 Å². The molecule has 0 unspecified atom stereocenters. The normalized spacial score (nSPS) is 10.9. The number of nitrogens with one attached hydrogen (secondary N) is 3. The molecule has 0 radical (unpaired) electrons. The lowest BCUT2D eigenvalue weighted by molar-refractivity contribution is -0.119. The van der Waals surface area contributed by atoms with E-state index >= 15 is 0 Å². The fraction of sp³-hybridized carbons (Fsp3) is 0.222. The summed E-state index contributed by atoms with van der Waals surface area (Å²) < 4.78 is 27.6. The Morgan fingerprint density at radius 2 is 1.58 bits per heavy atom. The highest BCUT2D eigenvalue weighted by atomic mass is 32.2. The molecule has 2 rings (SSSR count). The molecule has 0 fully saturated rings. The highest BCUT2D eigenvalue weighted by Crippen LogP contribution is 2.20. The summed E-state index contributed by atoms with van der Waals surface area (Å²) >= 11 is 5.02. The zero-order valence-corrected chi connectivity index (χ0v) is 16.4. The SMILES string of the molecule is CCC(=O)NC(=S)Nc1ccc(S(=O)(=O)Nc2cc(C)cc(C)c2)cc1. The number of hydrogen-bond acceptors (Lipinski definition) is 4. The lowest BCUT2D eigenvalue weighted by Gasteiger charge is -2.11. The molecule has 0 heterocycles. The molecule has 0 aromatic heterocycles. The Hall–Kier alpha value is -2.45. The number of anilines is 2. The van der Waals surface area contributed by atoms with Gasteiger partial charge in [0.15, 0.2) is 5.11 Å². The van der Waals surface area contributed by atoms with E-state index in [0.717, 1.165) is 11.1 Å². The van der Waals surface area contributed by atoms with Crippen LogP contribution >= 0.6 is 12.2 Å². The van der Waals surface area contributed by atoms with Crippen molar-refractivity contribution in [3.8, 4) is 0 Å². The molecule has 8 heteroatoms. The third kappa shape index (κ3) is 5.53. The molecular formula is C18H21N3O3S2. The van der Waals surface area contributed by atoms with Gasteiger partial charge in [-0.2, -0.15) is 0 Å². The van der Waals surface area contributed by atoms with E-state index in [2.05, 4.69) is 15.4 Å². The maximum atomic E-state index is 12.5. The van der Waals surface area contributed by atoms with Gasteiger partial charge in [0.2, 0.25) is 5.91 Å². The fourth-order valence-electron chi connectivity index (χ4n) is 2.34. The second kappa shape index (κ2) is 8.29. The third-order valence-corrected chi connectivity index (χ3v) is 5.07. The van der Waals surface area contributed by atoms with Crippen LogP contribution in [0.4, 0.5) is 11.4 Å². The molecule has 0 aliphatic rings. The maximum absolute atomic E-state index is 12.5. The van der Waals surface area contributed by atoms with Crippen molar-refractivity contribution in [2.75, 3.05) is 10.0 Å². The van der Waals surface area contributed by atoms with E-state index in [-0.39, 0.29) is 15.9 Å². The Morgan fingerprint density at radius 1 is 1.00 bits per heavy atom. The Labute approximate surface area is 159 Å². The van der Waals surface area contributed by atoms with Gasteiger partial charge in [0, 0.05) is 17.8 Å². The smallest absolute Gasteiger partial charge is 0.261 e. The van der Waals surface area contributed by atoms with Crippen LogP contribution in [0.25, 0.3) is 0 Å². The molecule has 26 heavy (non-hydrogen) atoms. The number of carbonyl (C=O) groups is 1. The van der Waals surface area contributed by atoms with Gasteiger partial charge in [0.25, 0.3) is 10.0 Å². The molecule has 0 aliphatic heterocycles. The molecule has 1 amide bonds. The van der Waals surface area contributed by atoms with Crippen molar-refractivity contribution in [1.82, 2.24) is 5.32 Å². The van der Waals surface area contributed by atoms with Crippen LogP contribution in [-0.2, 0) is 14.8 Å². The maximum Gasteiger partial charge on any atom is 0.261 e. The van der Waals surface area contributed by atoms with Crippen molar-refractivity contribution in [2.24, 2.45) is 0 Å². The number of rotatable bonds is 5. The monoisotopic (exact) mass is 391 g/mol. The fourth-order valence-corrected chi connectivity index (χ4v) is 3.61. The minimum absolute atomic E-state index is 0.130. The van der Waals surface area contributed by atoms with Gasteiger partial charge >= 0.3 is 0 Å². The lowest BCUT2D eigenvalue weighted by Crippen LogP contribution is -2.33. The summed E-state index contributed by atoms with van der Waals surface area (Å²) in [7, 11) is -3.70. The summed E-state index contributed by atoms with van der Waals surface area (Å²) in [6, 6.07) is 11.6. The first-order chi connectivity index (χ1) is 12.2. The standard InChI is InChI=1S/C18H21N3O3S2/c1-4-17(22)20-18(25)19-14-5-7-16(8-6-14)26(23,24)21-15-10-12(2)9-13(3)11-15/h5-11,21H,4H2,1-3H3,(H2,19,20,22,25). The summed E-state index contributed by atoms with van der Waals surface area (Å²) in [6.07, 6.45) is 0.323. The first kappa shape index (κ1) is 19.9. The summed E-state index contributed by atoms with van der Waals surface area (Å²) in [4.78, 5) is 11.4. The van der Waals surface area contributed by atoms with E-state index in [0.29, 0.717) is 17.8 Å². The largest absolute Gasteiger partial charge is 0.332 e. The van der Waals surface area contributed by atoms with Crippen LogP contribution < -0.4 is 15.4 Å². The number of benzene rings is 2. The van der Waals surface area contributed by atoms with Gasteiger partial charge in [-0.1, -0.05) is 13.0 Å². The second-order valence-corrected chi connectivity index (χ2v) is 7.95. The molecular weight excluding hydrogens is 370 g/mol. The quantitative estimate of drug-likeness (QED) is 0.681. The van der Waals surface area contributed by atoms with Crippen LogP contribution in [0.3, 0.4) is 0 Å². The second-order valence-electron chi connectivity index (χ2n) is 5.86. The molecule has 0 aliphatic carbocycles. The number of aryl methyl sites for hydroxylation is 2. The molecule has 3 N–H and O–H groups in total. The van der Waals surface area contributed by atoms with Crippen molar-refractivity contribution in [2.45, 2.75) is 32.1 Å². The van der Waals surface area contributed by atoms with E-state index in [9.17, 15) is 13.2 Å². The Morgan fingerprint density at radius 3 is 2.12 bits per heavy atom. The number of amides is 1. The van der Waals surface area contributed by atoms with Crippen LogP contribution in [-0.4, -0.2) is 19.4 Å². The number of carbonyl (C=O) groups excluding carboxylic acids is 1. The van der Waals surface area contributed by atoms with Crippen molar-refractivity contribution in [3.63, 3.8) is 0 Å². The highest BCUT2D eigenvalue weighted by Gasteiger charge is 2.14. The van der Waals surface area contributed by atoms with Crippen molar-refractivity contribution < 1.29 is 13.2 Å². The van der Waals surface area contributed by atoms with E-state index in [1.165, 1.54) is 12.1 Å². The van der Waals surface area contributed by atoms with Gasteiger partial charge in [0.1, 0.15) is 0 Å². The Balaban J connectivity index is 2.11. The van der Waals surface area contributed by atoms with Crippen LogP contribution in [0.15, 0.2) is 47.4 Å². The summed E-state index contributed by atoms with van der Waals surface area (Å²) in [6.45, 7) is 5.54. The average Bonchev–Trinajstić information content (AvgIpc) is 2.53. The van der Waals surface area contributed by atoms with E-state index in [1.807, 2.05) is 19.9 Å². The van der Waals surface area contributed by atoms with E-state index < -0.39 is 10.0 Å². The molecule has 0 saturated carbocycles. The molecule has 0 atom stereocenters. The Kier molecular flexibility index (Phi) is 6.33. The molecule has 2 aromatic rings. The zero-order chi connectivity index (χ0) is 19.3. The van der Waals surface area contributed by atoms with Gasteiger partial charge in [-0.25, -0.2) is 8.42 Å².